The molecule has 4 heterocycles. The molecule has 3 aromatic heterocycles. The van der Waals surface area contributed by atoms with Crippen LogP contribution in [0.15, 0.2) is 59.1 Å². The third-order valence-corrected chi connectivity index (χ3v) is 5.86. The number of carbonyl (C=O) groups is 1. The average molecular weight is 454 g/mol. The fourth-order valence-corrected chi connectivity index (χ4v) is 4.28. The highest BCUT2D eigenvalue weighted by Crippen LogP contribution is 2.36. The molecular formula is C25H22N6O3. The lowest BCUT2D eigenvalue weighted by Gasteiger charge is -2.27. The van der Waals surface area contributed by atoms with Crippen LogP contribution in [0, 0.1) is 0 Å². The van der Waals surface area contributed by atoms with E-state index in [1.807, 2.05) is 48.5 Å². The Bertz CT molecular complexity index is 1520. The number of ether oxygens (including phenoxy) is 1. The summed E-state index contributed by atoms with van der Waals surface area (Å²) in [5, 5.41) is 11.0. The molecule has 1 fully saturated rings. The lowest BCUT2D eigenvalue weighted by molar-refractivity contribution is -0.114. The number of aromatic amines is 1. The molecule has 1 saturated heterocycles. The summed E-state index contributed by atoms with van der Waals surface area (Å²) in [7, 11) is 0. The number of benzene rings is 2. The predicted molar refractivity (Wildman–Crippen MR) is 130 cm³/mol. The van der Waals surface area contributed by atoms with Gasteiger partial charge in [-0.3, -0.25) is 9.89 Å². The van der Waals surface area contributed by atoms with Gasteiger partial charge in [-0.25, -0.2) is 9.97 Å². The maximum absolute atomic E-state index is 11.5. The fourth-order valence-electron chi connectivity index (χ4n) is 4.28. The lowest BCUT2D eigenvalue weighted by Crippen LogP contribution is -2.37. The third kappa shape index (κ3) is 3.65. The molecule has 0 aliphatic carbocycles. The van der Waals surface area contributed by atoms with Crippen LogP contribution in [0.5, 0.6) is 0 Å². The minimum absolute atomic E-state index is 0.125. The highest BCUT2D eigenvalue weighted by atomic mass is 16.5. The van der Waals surface area contributed by atoms with Crippen LogP contribution in [0.2, 0.25) is 0 Å². The van der Waals surface area contributed by atoms with E-state index in [0.29, 0.717) is 41.6 Å². The second-order valence-electron chi connectivity index (χ2n) is 8.19. The van der Waals surface area contributed by atoms with Gasteiger partial charge in [0.05, 0.1) is 24.9 Å². The predicted octanol–water partition coefficient (Wildman–Crippen LogP) is 4.23. The minimum atomic E-state index is -0.125. The summed E-state index contributed by atoms with van der Waals surface area (Å²) >= 11 is 0. The Morgan fingerprint density at radius 1 is 1.09 bits per heavy atom. The number of furan rings is 1. The van der Waals surface area contributed by atoms with Crippen LogP contribution in [-0.2, 0) is 9.53 Å². The number of fused-ring (bicyclic) bond motifs is 2. The maximum Gasteiger partial charge on any atom is 0.221 e. The number of nitrogens with one attached hydrogen (secondary N) is 2. The van der Waals surface area contributed by atoms with Crippen LogP contribution < -0.4 is 10.2 Å². The molecule has 0 unspecified atom stereocenters. The zero-order valence-electron chi connectivity index (χ0n) is 18.5. The number of carbonyl (C=O) groups excluding carboxylic acids is 1. The number of anilines is 2. The average Bonchev–Trinajstić information content (AvgIpc) is 3.51. The highest BCUT2D eigenvalue weighted by Gasteiger charge is 2.22. The van der Waals surface area contributed by atoms with E-state index < -0.39 is 0 Å². The number of H-pyrrole nitrogens is 1. The zero-order valence-corrected chi connectivity index (χ0v) is 18.5. The van der Waals surface area contributed by atoms with Crippen LogP contribution in [-0.4, -0.2) is 52.4 Å². The Balaban J connectivity index is 1.52. The normalized spacial score (nSPS) is 14.1. The van der Waals surface area contributed by atoms with Gasteiger partial charge in [-0.1, -0.05) is 24.3 Å². The molecule has 0 saturated carbocycles. The van der Waals surface area contributed by atoms with Crippen LogP contribution in [0.25, 0.3) is 44.7 Å². The van der Waals surface area contributed by atoms with Crippen LogP contribution in [0.3, 0.4) is 0 Å². The van der Waals surface area contributed by atoms with Gasteiger partial charge in [-0.15, -0.1) is 0 Å². The largest absolute Gasteiger partial charge is 0.450 e. The Hall–Kier alpha value is -4.24. The second kappa shape index (κ2) is 8.27. The van der Waals surface area contributed by atoms with Gasteiger partial charge in [0.1, 0.15) is 11.3 Å². The summed E-state index contributed by atoms with van der Waals surface area (Å²) in [6.45, 7) is 4.18. The Kier molecular flexibility index (Phi) is 4.96. The number of nitrogens with zero attached hydrogens (tertiary/aromatic N) is 4. The maximum atomic E-state index is 11.5. The molecule has 9 heteroatoms. The molecule has 0 spiro atoms. The van der Waals surface area contributed by atoms with E-state index in [9.17, 15) is 4.79 Å². The molecule has 34 heavy (non-hydrogen) atoms. The van der Waals surface area contributed by atoms with Gasteiger partial charge in [0, 0.05) is 48.3 Å². The number of hydrogen-bond acceptors (Lipinski definition) is 7. The second-order valence-corrected chi connectivity index (χ2v) is 8.19. The summed E-state index contributed by atoms with van der Waals surface area (Å²) in [6.07, 6.45) is 1.79. The van der Waals surface area contributed by atoms with Crippen molar-refractivity contribution < 1.29 is 13.9 Å². The standard InChI is InChI=1S/C25H22N6O3/c1-15(32)27-17-5-2-4-16(12-17)22-13-21-23(34-22)25(31-8-10-33-11-9-31)29-24(28-21)18-6-3-7-20-19(18)14-26-30-20/h2-7,12-14H,8-11H2,1H3,(H,26,30)(H,27,32). The van der Waals surface area contributed by atoms with Crippen molar-refractivity contribution in [1.29, 1.82) is 0 Å². The van der Waals surface area contributed by atoms with Gasteiger partial charge in [-0.2, -0.15) is 5.10 Å². The van der Waals surface area contributed by atoms with E-state index in [2.05, 4.69) is 20.4 Å². The first-order valence-electron chi connectivity index (χ1n) is 11.1. The zero-order chi connectivity index (χ0) is 23.1. The van der Waals surface area contributed by atoms with Crippen molar-refractivity contribution in [1.82, 2.24) is 20.2 Å². The number of morpholine rings is 1. The van der Waals surface area contributed by atoms with E-state index in [4.69, 9.17) is 19.1 Å². The monoisotopic (exact) mass is 454 g/mol. The van der Waals surface area contributed by atoms with Crippen LogP contribution in [0.4, 0.5) is 11.5 Å². The first-order valence-corrected chi connectivity index (χ1v) is 11.1. The molecule has 0 atom stereocenters. The number of amides is 1. The fraction of sp³-hybridized carbons (Fsp3) is 0.200. The van der Waals surface area contributed by atoms with Crippen molar-refractivity contribution in [3.8, 4) is 22.7 Å². The van der Waals surface area contributed by atoms with Gasteiger partial charge < -0.3 is 19.4 Å². The van der Waals surface area contributed by atoms with Gasteiger partial charge in [0.25, 0.3) is 0 Å². The van der Waals surface area contributed by atoms with Crippen LogP contribution in [0.1, 0.15) is 6.92 Å². The van der Waals surface area contributed by atoms with Gasteiger partial charge in [-0.05, 0) is 18.2 Å². The van der Waals surface area contributed by atoms with Crippen molar-refractivity contribution >= 4 is 39.4 Å². The van der Waals surface area contributed by atoms with Crippen LogP contribution >= 0.6 is 0 Å². The van der Waals surface area contributed by atoms with E-state index in [-0.39, 0.29) is 5.91 Å². The molecule has 6 rings (SSSR count). The molecular weight excluding hydrogens is 432 g/mol. The van der Waals surface area contributed by atoms with Crippen molar-refractivity contribution in [2.45, 2.75) is 6.92 Å². The van der Waals surface area contributed by atoms with Crippen molar-refractivity contribution in [3.05, 3.63) is 54.7 Å². The first kappa shape index (κ1) is 20.4. The van der Waals surface area contributed by atoms with E-state index in [1.165, 1.54) is 6.92 Å². The van der Waals surface area contributed by atoms with Gasteiger partial charge >= 0.3 is 0 Å². The summed E-state index contributed by atoms with van der Waals surface area (Å²) in [4.78, 5) is 23.5. The van der Waals surface area contributed by atoms with E-state index in [1.54, 1.807) is 6.20 Å². The van der Waals surface area contributed by atoms with Crippen molar-refractivity contribution in [2.75, 3.05) is 36.5 Å². The Morgan fingerprint density at radius 2 is 1.94 bits per heavy atom. The molecule has 0 bridgehead atoms. The highest BCUT2D eigenvalue weighted by molar-refractivity contribution is 5.96. The van der Waals surface area contributed by atoms with Crippen molar-refractivity contribution in [3.63, 3.8) is 0 Å². The molecule has 9 nitrogen and oxygen atoms in total. The minimum Gasteiger partial charge on any atom is -0.450 e. The molecule has 5 aromatic rings. The molecule has 0 radical (unpaired) electrons. The summed E-state index contributed by atoms with van der Waals surface area (Å²) in [5.41, 5.74) is 4.72. The molecule has 170 valence electrons. The number of rotatable bonds is 4. The molecule has 1 aliphatic heterocycles. The van der Waals surface area contributed by atoms with Gasteiger partial charge in [0.15, 0.2) is 17.2 Å². The Morgan fingerprint density at radius 3 is 2.79 bits per heavy atom. The number of hydrogen-bond donors (Lipinski definition) is 2. The Labute approximate surface area is 194 Å². The topological polar surface area (TPSA) is 109 Å². The summed E-state index contributed by atoms with van der Waals surface area (Å²) in [6, 6.07) is 15.4. The molecule has 2 N–H and O–H groups in total. The van der Waals surface area contributed by atoms with E-state index in [0.717, 1.165) is 40.9 Å². The van der Waals surface area contributed by atoms with Gasteiger partial charge in [0.2, 0.25) is 5.91 Å². The quantitative estimate of drug-likeness (QED) is 0.418. The molecule has 1 amide bonds. The smallest absolute Gasteiger partial charge is 0.221 e. The number of aromatic nitrogens is 4. The molecule has 2 aromatic carbocycles. The third-order valence-electron chi connectivity index (χ3n) is 5.86. The SMILES string of the molecule is CC(=O)Nc1cccc(-c2cc3nc(-c4cccc5[nH]ncc45)nc(N4CCOCC4)c3o2)c1. The van der Waals surface area contributed by atoms with Crippen molar-refractivity contribution in [2.24, 2.45) is 0 Å². The molecule has 1 aliphatic rings. The summed E-state index contributed by atoms with van der Waals surface area (Å²) in [5.74, 6) is 1.89. The first-order chi connectivity index (χ1) is 16.7. The lowest BCUT2D eigenvalue weighted by atomic mass is 10.1. The summed E-state index contributed by atoms with van der Waals surface area (Å²) < 4.78 is 11.9. The van der Waals surface area contributed by atoms with E-state index >= 15 is 0 Å².